The van der Waals surface area contributed by atoms with Crippen molar-refractivity contribution in [1.29, 1.82) is 5.26 Å². The number of halogens is 2. The van der Waals surface area contributed by atoms with Gasteiger partial charge in [0.15, 0.2) is 11.5 Å². The molecule has 10 heteroatoms. The third-order valence-corrected chi connectivity index (χ3v) is 8.83. The van der Waals surface area contributed by atoms with E-state index < -0.39 is 11.9 Å². The number of unbranched alkanes of at least 4 members (excludes halogenated alkanes) is 3. The maximum absolute atomic E-state index is 13.1. The van der Waals surface area contributed by atoms with E-state index in [2.05, 4.69) is 13.0 Å². The van der Waals surface area contributed by atoms with Crippen molar-refractivity contribution < 1.29 is 23.7 Å². The SMILES string of the molecule is CCCCCCOc1ccc(C2C(C#N)=C(N)Oc3cc(OC(=O)c4sc5cc(Cl)ccc5c4Cl)ccc32)cc1OC. The lowest BCUT2D eigenvalue weighted by molar-refractivity contribution is 0.0740. The van der Waals surface area contributed by atoms with Crippen molar-refractivity contribution in [2.24, 2.45) is 5.73 Å². The summed E-state index contributed by atoms with van der Waals surface area (Å²) in [4.78, 5) is 13.3. The number of hydrogen-bond acceptors (Lipinski definition) is 8. The maximum atomic E-state index is 13.1. The first-order valence-corrected chi connectivity index (χ1v) is 15.0. The summed E-state index contributed by atoms with van der Waals surface area (Å²) in [6.45, 7) is 2.76. The quantitative estimate of drug-likeness (QED) is 0.107. The van der Waals surface area contributed by atoms with Gasteiger partial charge in [-0.3, -0.25) is 0 Å². The Kier molecular flexibility index (Phi) is 9.12. The van der Waals surface area contributed by atoms with E-state index in [9.17, 15) is 10.1 Å². The van der Waals surface area contributed by atoms with Gasteiger partial charge in [0.05, 0.1) is 24.7 Å². The Morgan fingerprint density at radius 3 is 2.67 bits per heavy atom. The Labute approximate surface area is 258 Å². The molecular formula is C32H28Cl2N2O5S. The molecule has 42 heavy (non-hydrogen) atoms. The third-order valence-electron chi connectivity index (χ3n) is 6.95. The molecule has 0 spiro atoms. The van der Waals surface area contributed by atoms with Crippen LogP contribution in [0.4, 0.5) is 0 Å². The van der Waals surface area contributed by atoms with Gasteiger partial charge in [-0.25, -0.2) is 4.79 Å². The largest absolute Gasteiger partial charge is 0.493 e. The lowest BCUT2D eigenvalue weighted by Gasteiger charge is -2.27. The Morgan fingerprint density at radius 1 is 1.07 bits per heavy atom. The van der Waals surface area contributed by atoms with Gasteiger partial charge in [0.1, 0.15) is 28.0 Å². The highest BCUT2D eigenvalue weighted by Gasteiger charge is 2.32. The minimum absolute atomic E-state index is 0.0295. The number of benzene rings is 3. The average molecular weight is 624 g/mol. The standard InChI is InChI=1S/C32H28Cl2N2O5S/c1-3-4-5-6-13-39-24-12-7-18(14-26(24)38-2)28-21-11-9-20(16-25(21)41-31(36)23(28)17-35)40-32(37)30-29(34)22-10-8-19(33)15-27(22)42-30/h7-12,14-16,28H,3-6,13,36H2,1-2H3. The van der Waals surface area contributed by atoms with Gasteiger partial charge in [0, 0.05) is 26.7 Å². The number of nitrogens with zero attached hydrogens (tertiary/aromatic N) is 1. The van der Waals surface area contributed by atoms with Crippen molar-refractivity contribution in [2.45, 2.75) is 38.5 Å². The molecule has 3 aromatic carbocycles. The number of carbonyl (C=O) groups is 1. The predicted molar refractivity (Wildman–Crippen MR) is 165 cm³/mol. The molecule has 1 aromatic heterocycles. The molecule has 2 N–H and O–H groups in total. The fourth-order valence-electron chi connectivity index (χ4n) is 4.86. The number of methoxy groups -OCH3 is 1. The summed E-state index contributed by atoms with van der Waals surface area (Å²) in [6, 6.07) is 18.0. The number of nitrogens with two attached hydrogens (primary N) is 1. The predicted octanol–water partition coefficient (Wildman–Crippen LogP) is 8.61. The van der Waals surface area contributed by atoms with Crippen LogP contribution < -0.4 is 24.7 Å². The van der Waals surface area contributed by atoms with Crippen molar-refractivity contribution in [3.63, 3.8) is 0 Å². The Balaban J connectivity index is 1.41. The number of nitriles is 1. The molecule has 0 radical (unpaired) electrons. The number of hydrogen-bond donors (Lipinski definition) is 1. The highest BCUT2D eigenvalue weighted by Crippen LogP contribution is 2.45. The van der Waals surface area contributed by atoms with E-state index in [0.717, 1.165) is 34.9 Å². The number of rotatable bonds is 10. The van der Waals surface area contributed by atoms with Gasteiger partial charge in [-0.15, -0.1) is 11.3 Å². The molecule has 1 aliphatic rings. The van der Waals surface area contributed by atoms with Crippen LogP contribution in [-0.2, 0) is 0 Å². The van der Waals surface area contributed by atoms with E-state index in [1.165, 1.54) is 17.8 Å². The van der Waals surface area contributed by atoms with Gasteiger partial charge in [0.2, 0.25) is 5.88 Å². The first-order valence-electron chi connectivity index (χ1n) is 13.5. The van der Waals surface area contributed by atoms with Crippen molar-refractivity contribution >= 4 is 50.6 Å². The number of fused-ring (bicyclic) bond motifs is 2. The van der Waals surface area contributed by atoms with Crippen LogP contribution in [0.5, 0.6) is 23.0 Å². The van der Waals surface area contributed by atoms with E-state index in [0.29, 0.717) is 39.5 Å². The fourth-order valence-corrected chi connectivity index (χ4v) is 6.52. The van der Waals surface area contributed by atoms with Crippen molar-refractivity contribution in [3.8, 4) is 29.1 Å². The van der Waals surface area contributed by atoms with Gasteiger partial charge in [0.25, 0.3) is 0 Å². The first-order chi connectivity index (χ1) is 20.3. The van der Waals surface area contributed by atoms with E-state index in [1.807, 2.05) is 18.2 Å². The molecule has 1 unspecified atom stereocenters. The zero-order chi connectivity index (χ0) is 29.8. The summed E-state index contributed by atoms with van der Waals surface area (Å²) in [5.41, 5.74) is 7.92. The topological polar surface area (TPSA) is 104 Å². The molecule has 216 valence electrons. The number of thiophene rings is 1. The lowest BCUT2D eigenvalue weighted by atomic mass is 9.83. The number of carbonyl (C=O) groups excluding carboxylic acids is 1. The Morgan fingerprint density at radius 2 is 1.90 bits per heavy atom. The first kappa shape index (κ1) is 29.6. The van der Waals surface area contributed by atoms with Gasteiger partial charge < -0.3 is 24.7 Å². The summed E-state index contributed by atoms with van der Waals surface area (Å²) >= 11 is 13.8. The minimum Gasteiger partial charge on any atom is -0.493 e. The van der Waals surface area contributed by atoms with Crippen molar-refractivity contribution in [3.05, 3.63) is 92.1 Å². The molecular weight excluding hydrogens is 595 g/mol. The molecule has 5 rings (SSSR count). The second-order valence-electron chi connectivity index (χ2n) is 9.72. The van der Waals surface area contributed by atoms with Gasteiger partial charge in [-0.1, -0.05) is 67.6 Å². The molecule has 0 saturated heterocycles. The van der Waals surface area contributed by atoms with E-state index >= 15 is 0 Å². The monoisotopic (exact) mass is 622 g/mol. The molecule has 1 atom stereocenters. The third kappa shape index (κ3) is 6.00. The molecule has 0 saturated carbocycles. The molecule has 0 aliphatic carbocycles. The molecule has 2 heterocycles. The van der Waals surface area contributed by atoms with Crippen LogP contribution in [0.25, 0.3) is 10.1 Å². The Bertz CT molecular complexity index is 1730. The lowest BCUT2D eigenvalue weighted by Crippen LogP contribution is -2.21. The summed E-state index contributed by atoms with van der Waals surface area (Å²) in [5, 5.41) is 11.6. The molecule has 0 bridgehead atoms. The summed E-state index contributed by atoms with van der Waals surface area (Å²) in [5.74, 6) is 0.619. The molecule has 0 fully saturated rings. The second-order valence-corrected chi connectivity index (χ2v) is 11.6. The van der Waals surface area contributed by atoms with Crippen LogP contribution >= 0.6 is 34.5 Å². The van der Waals surface area contributed by atoms with Crippen LogP contribution in [0.2, 0.25) is 10.0 Å². The highest BCUT2D eigenvalue weighted by atomic mass is 35.5. The van der Waals surface area contributed by atoms with E-state index in [4.69, 9.17) is 47.9 Å². The second kappa shape index (κ2) is 13.0. The normalized spacial score (nSPS) is 14.2. The summed E-state index contributed by atoms with van der Waals surface area (Å²) in [6.07, 6.45) is 4.39. The number of esters is 1. The number of ether oxygens (including phenoxy) is 4. The smallest absolute Gasteiger partial charge is 0.355 e. The zero-order valence-corrected chi connectivity index (χ0v) is 25.4. The highest BCUT2D eigenvalue weighted by molar-refractivity contribution is 7.21. The average Bonchev–Trinajstić information content (AvgIpc) is 3.31. The zero-order valence-electron chi connectivity index (χ0n) is 23.0. The summed E-state index contributed by atoms with van der Waals surface area (Å²) < 4.78 is 23.8. The van der Waals surface area contributed by atoms with Gasteiger partial charge in [-0.05, 0) is 42.3 Å². The minimum atomic E-state index is -0.610. The Hall–Kier alpha value is -3.90. The van der Waals surface area contributed by atoms with Gasteiger partial charge in [-0.2, -0.15) is 5.26 Å². The molecule has 4 aromatic rings. The van der Waals surface area contributed by atoms with Crippen LogP contribution in [0.3, 0.4) is 0 Å². The number of allylic oxidation sites excluding steroid dienone is 1. The van der Waals surface area contributed by atoms with Crippen LogP contribution in [0, 0.1) is 11.3 Å². The molecule has 1 aliphatic heterocycles. The fraction of sp³-hybridized carbons (Fsp3) is 0.250. The molecule has 0 amide bonds. The van der Waals surface area contributed by atoms with Crippen LogP contribution in [-0.4, -0.2) is 19.7 Å². The van der Waals surface area contributed by atoms with Crippen LogP contribution in [0.15, 0.2) is 66.1 Å². The van der Waals surface area contributed by atoms with E-state index in [1.54, 1.807) is 43.5 Å². The maximum Gasteiger partial charge on any atom is 0.355 e. The van der Waals surface area contributed by atoms with Gasteiger partial charge >= 0.3 is 5.97 Å². The van der Waals surface area contributed by atoms with Crippen LogP contribution in [0.1, 0.15) is 59.3 Å². The molecule has 7 nitrogen and oxygen atoms in total. The van der Waals surface area contributed by atoms with E-state index in [-0.39, 0.29) is 22.1 Å². The van der Waals surface area contributed by atoms with Crippen molar-refractivity contribution in [2.75, 3.05) is 13.7 Å². The summed E-state index contributed by atoms with van der Waals surface area (Å²) in [7, 11) is 1.58. The van der Waals surface area contributed by atoms with Crippen molar-refractivity contribution in [1.82, 2.24) is 0 Å².